The van der Waals surface area contributed by atoms with Crippen LogP contribution in [-0.4, -0.2) is 62.6 Å². The summed E-state index contributed by atoms with van der Waals surface area (Å²) in [5.41, 5.74) is 0.228. The van der Waals surface area contributed by atoms with E-state index in [-0.39, 0.29) is 17.7 Å². The highest BCUT2D eigenvalue weighted by atomic mass is 16.9. The molecule has 2 aromatic rings. The zero-order valence-corrected chi connectivity index (χ0v) is 12.5. The molecule has 2 aliphatic rings. The number of aliphatic hydroxyl groups is 1. The maximum absolute atomic E-state index is 11.8. The number of nitrogens with zero attached hydrogens (tertiary/aromatic N) is 3. The number of hydrogen-bond donors (Lipinski definition) is 2. The van der Waals surface area contributed by atoms with Gasteiger partial charge in [-0.2, -0.15) is 0 Å². The molecular weight excluding hydrogens is 308 g/mol. The normalized spacial score (nSPS) is 36.7. The molecule has 0 aromatic carbocycles. The third kappa shape index (κ3) is 2.11. The largest absolute Gasteiger partial charge is 0.394 e. The molecule has 10 heteroatoms. The summed E-state index contributed by atoms with van der Waals surface area (Å²) < 4.78 is 24.2. The van der Waals surface area contributed by atoms with E-state index in [0.29, 0.717) is 5.65 Å². The third-order valence-corrected chi connectivity index (χ3v) is 4.18. The van der Waals surface area contributed by atoms with Crippen LogP contribution in [-0.2, 0) is 18.9 Å². The van der Waals surface area contributed by atoms with E-state index >= 15 is 0 Å². The fraction of sp³-hybridized carbons (Fsp3) is 0.615. The highest BCUT2D eigenvalue weighted by molar-refractivity contribution is 5.68. The summed E-state index contributed by atoms with van der Waals surface area (Å²) in [6, 6.07) is 0. The van der Waals surface area contributed by atoms with Gasteiger partial charge in [0, 0.05) is 14.0 Å². The molecule has 4 heterocycles. The molecule has 0 bridgehead atoms. The van der Waals surface area contributed by atoms with Gasteiger partial charge in [0.1, 0.15) is 18.3 Å². The predicted molar refractivity (Wildman–Crippen MR) is 74.3 cm³/mol. The van der Waals surface area contributed by atoms with Crippen molar-refractivity contribution in [3.05, 3.63) is 23.0 Å². The molecule has 10 nitrogen and oxygen atoms in total. The lowest BCUT2D eigenvalue weighted by Crippen LogP contribution is -2.34. The van der Waals surface area contributed by atoms with Crippen LogP contribution in [0.1, 0.15) is 13.2 Å². The van der Waals surface area contributed by atoms with Gasteiger partial charge in [-0.25, -0.2) is 9.97 Å². The van der Waals surface area contributed by atoms with Gasteiger partial charge >= 0.3 is 0 Å². The van der Waals surface area contributed by atoms with E-state index in [1.807, 2.05) is 0 Å². The molecule has 0 aliphatic carbocycles. The molecule has 2 fully saturated rings. The molecular formula is C13H16N4O6. The van der Waals surface area contributed by atoms with E-state index in [1.165, 1.54) is 19.8 Å². The maximum Gasteiger partial charge on any atom is 0.280 e. The number of hydrogen-bond acceptors (Lipinski definition) is 8. The number of aromatic nitrogens is 4. The number of aromatic amines is 1. The molecule has 124 valence electrons. The topological polar surface area (TPSA) is 121 Å². The summed E-state index contributed by atoms with van der Waals surface area (Å²) in [4.78, 5) is 22.5. The van der Waals surface area contributed by atoms with E-state index < -0.39 is 30.5 Å². The van der Waals surface area contributed by atoms with Crippen LogP contribution in [0.5, 0.6) is 0 Å². The molecule has 0 saturated carbocycles. The van der Waals surface area contributed by atoms with Crippen LogP contribution >= 0.6 is 0 Å². The average molecular weight is 324 g/mol. The number of H-pyrrole nitrogens is 1. The second-order valence-electron chi connectivity index (χ2n) is 5.53. The SMILES string of the molecule is COC1(C)OC2[C@@H](O1)[C@@H](CO)O[C@H]2n1cnc2c(=O)[nH]cnc21. The van der Waals surface area contributed by atoms with Crippen molar-refractivity contribution >= 4 is 11.2 Å². The summed E-state index contributed by atoms with van der Waals surface area (Å²) in [5, 5.41) is 9.53. The first-order valence-corrected chi connectivity index (χ1v) is 7.13. The van der Waals surface area contributed by atoms with Gasteiger partial charge in [0.25, 0.3) is 11.5 Å². The van der Waals surface area contributed by atoms with Gasteiger partial charge in [-0.05, 0) is 0 Å². The predicted octanol–water partition coefficient (Wildman–Crippen LogP) is -0.887. The van der Waals surface area contributed by atoms with Crippen molar-refractivity contribution in [2.24, 2.45) is 0 Å². The fourth-order valence-electron chi connectivity index (χ4n) is 3.01. The van der Waals surface area contributed by atoms with Gasteiger partial charge in [-0.1, -0.05) is 0 Å². The Morgan fingerprint density at radius 2 is 2.22 bits per heavy atom. The summed E-state index contributed by atoms with van der Waals surface area (Å²) in [5.74, 6) is -1.22. The van der Waals surface area contributed by atoms with Gasteiger partial charge in [0.2, 0.25) is 0 Å². The smallest absolute Gasteiger partial charge is 0.280 e. The van der Waals surface area contributed by atoms with E-state index in [4.69, 9.17) is 18.9 Å². The number of rotatable bonds is 3. The molecule has 5 atom stereocenters. The highest BCUT2D eigenvalue weighted by Gasteiger charge is 2.57. The second kappa shape index (κ2) is 5.08. The number of aliphatic hydroxyl groups excluding tert-OH is 1. The Balaban J connectivity index is 1.76. The summed E-state index contributed by atoms with van der Waals surface area (Å²) >= 11 is 0. The Morgan fingerprint density at radius 1 is 1.43 bits per heavy atom. The molecule has 2 unspecified atom stereocenters. The average Bonchev–Trinajstić information content (AvgIpc) is 3.19. The van der Waals surface area contributed by atoms with E-state index in [1.54, 1.807) is 11.5 Å². The Labute approximate surface area is 130 Å². The van der Waals surface area contributed by atoms with Crippen LogP contribution < -0.4 is 5.56 Å². The fourth-order valence-corrected chi connectivity index (χ4v) is 3.01. The molecule has 2 aromatic heterocycles. The van der Waals surface area contributed by atoms with Gasteiger partial charge < -0.3 is 29.0 Å². The molecule has 2 aliphatic heterocycles. The Hall–Kier alpha value is -1.85. The van der Waals surface area contributed by atoms with E-state index in [9.17, 15) is 9.90 Å². The van der Waals surface area contributed by atoms with Crippen LogP contribution in [0.4, 0.5) is 0 Å². The van der Waals surface area contributed by atoms with Crippen molar-refractivity contribution in [1.29, 1.82) is 0 Å². The summed E-state index contributed by atoms with van der Waals surface area (Å²) in [6.45, 7) is 1.41. The first-order chi connectivity index (χ1) is 11.1. The molecule has 2 N–H and O–H groups in total. The van der Waals surface area contributed by atoms with Crippen molar-refractivity contribution in [3.63, 3.8) is 0 Å². The minimum absolute atomic E-state index is 0.202. The number of methoxy groups -OCH3 is 1. The molecule has 4 rings (SSSR count). The molecule has 0 spiro atoms. The number of fused-ring (bicyclic) bond motifs is 2. The minimum Gasteiger partial charge on any atom is -0.394 e. The molecule has 0 amide bonds. The molecule has 23 heavy (non-hydrogen) atoms. The summed E-state index contributed by atoms with van der Waals surface area (Å²) in [6.07, 6.45) is 0.490. The molecule has 0 radical (unpaired) electrons. The maximum atomic E-state index is 11.8. The molecule has 2 saturated heterocycles. The third-order valence-electron chi connectivity index (χ3n) is 4.18. The van der Waals surface area contributed by atoms with E-state index in [2.05, 4.69) is 15.0 Å². The Morgan fingerprint density at radius 3 is 2.96 bits per heavy atom. The number of imidazole rings is 1. The quantitative estimate of drug-likeness (QED) is 0.746. The minimum atomic E-state index is -1.22. The number of ether oxygens (including phenoxy) is 4. The Bertz CT molecular complexity index is 790. The first kappa shape index (κ1) is 14.7. The van der Waals surface area contributed by atoms with Gasteiger partial charge in [-0.15, -0.1) is 0 Å². The highest BCUT2D eigenvalue weighted by Crippen LogP contribution is 2.43. The first-order valence-electron chi connectivity index (χ1n) is 7.13. The van der Waals surface area contributed by atoms with Crippen molar-refractivity contribution in [3.8, 4) is 0 Å². The summed E-state index contributed by atoms with van der Waals surface area (Å²) in [7, 11) is 1.47. The lowest BCUT2D eigenvalue weighted by atomic mass is 10.1. The van der Waals surface area contributed by atoms with Crippen LogP contribution in [0.3, 0.4) is 0 Å². The van der Waals surface area contributed by atoms with Gasteiger partial charge in [0.15, 0.2) is 17.4 Å². The lowest BCUT2D eigenvalue weighted by Gasteiger charge is -2.25. The zero-order valence-electron chi connectivity index (χ0n) is 12.5. The van der Waals surface area contributed by atoms with Crippen LogP contribution in [0.25, 0.3) is 11.2 Å². The zero-order chi connectivity index (χ0) is 16.2. The van der Waals surface area contributed by atoms with Gasteiger partial charge in [-0.3, -0.25) is 9.36 Å². The van der Waals surface area contributed by atoms with Crippen LogP contribution in [0, 0.1) is 0 Å². The van der Waals surface area contributed by atoms with Crippen molar-refractivity contribution < 1.29 is 24.1 Å². The Kier molecular flexibility index (Phi) is 3.25. The van der Waals surface area contributed by atoms with E-state index in [0.717, 1.165) is 0 Å². The standard InChI is InChI=1S/C13H16N4O6/c1-13(20-2)22-8-6(3-18)21-12(9(8)23-13)17-5-16-7-10(17)14-4-15-11(7)19/h4-6,8-9,12,18H,3H2,1-2H3,(H,14,15,19)/t6-,8+,9?,12-,13?/m1/s1. The van der Waals surface area contributed by atoms with Crippen molar-refractivity contribution in [1.82, 2.24) is 19.5 Å². The number of nitrogens with one attached hydrogen (secondary N) is 1. The monoisotopic (exact) mass is 324 g/mol. The van der Waals surface area contributed by atoms with Crippen molar-refractivity contribution in [2.45, 2.75) is 37.4 Å². The van der Waals surface area contributed by atoms with Crippen molar-refractivity contribution in [2.75, 3.05) is 13.7 Å². The van der Waals surface area contributed by atoms with Crippen LogP contribution in [0.15, 0.2) is 17.4 Å². The lowest BCUT2D eigenvalue weighted by molar-refractivity contribution is -0.336. The van der Waals surface area contributed by atoms with Gasteiger partial charge in [0.05, 0.1) is 19.3 Å². The van der Waals surface area contributed by atoms with Crippen LogP contribution in [0.2, 0.25) is 0 Å². The second-order valence-corrected chi connectivity index (χ2v) is 5.53.